The van der Waals surface area contributed by atoms with Crippen LogP contribution in [0.5, 0.6) is 0 Å². The molecule has 1 fully saturated rings. The number of morpholine rings is 1. The van der Waals surface area contributed by atoms with Crippen LogP contribution in [0.1, 0.15) is 30.1 Å². The van der Waals surface area contributed by atoms with Crippen LogP contribution in [0.25, 0.3) is 0 Å². The van der Waals surface area contributed by atoms with Crippen LogP contribution < -0.4 is 21.1 Å². The van der Waals surface area contributed by atoms with Gasteiger partial charge >= 0.3 is 0 Å². The van der Waals surface area contributed by atoms with Gasteiger partial charge in [-0.3, -0.25) is 14.4 Å². The highest BCUT2D eigenvalue weighted by atomic mass is 16.5. The molecule has 3 rings (SSSR count). The van der Waals surface area contributed by atoms with Crippen molar-refractivity contribution in [2.75, 3.05) is 36.5 Å². The average Bonchev–Trinajstić information content (AvgIpc) is 2.76. The summed E-state index contributed by atoms with van der Waals surface area (Å²) in [4.78, 5) is 37.8. The van der Waals surface area contributed by atoms with E-state index in [0.717, 1.165) is 5.69 Å². The topological polar surface area (TPSA) is 106 Å². The number of hydrogen-bond acceptors (Lipinski definition) is 6. The number of nitrogens with zero attached hydrogens (tertiary/aromatic N) is 3. The van der Waals surface area contributed by atoms with Crippen LogP contribution in [0.2, 0.25) is 0 Å². The molecule has 1 aliphatic heterocycles. The summed E-state index contributed by atoms with van der Waals surface area (Å²) in [7, 11) is 1.62. The second-order valence-corrected chi connectivity index (χ2v) is 7.14. The maximum absolute atomic E-state index is 12.4. The maximum Gasteiger partial charge on any atom is 0.268 e. The molecule has 1 aliphatic rings. The predicted octanol–water partition coefficient (Wildman–Crippen LogP) is 1.15. The van der Waals surface area contributed by atoms with Gasteiger partial charge in [-0.05, 0) is 24.6 Å². The third-order valence-corrected chi connectivity index (χ3v) is 4.94. The molecule has 1 aromatic heterocycles. The fourth-order valence-corrected chi connectivity index (χ4v) is 3.20. The number of hydrogen-bond donors (Lipinski definition) is 2. The minimum Gasteiger partial charge on any atom is -0.374 e. The third-order valence-electron chi connectivity index (χ3n) is 4.94. The van der Waals surface area contributed by atoms with E-state index in [4.69, 9.17) is 4.74 Å². The molecular formula is C21H27N5O4. The molecule has 2 heterocycles. The number of rotatable bonds is 7. The molecule has 1 saturated heterocycles. The third kappa shape index (κ3) is 5.66. The van der Waals surface area contributed by atoms with Gasteiger partial charge in [-0.2, -0.15) is 5.10 Å². The zero-order valence-corrected chi connectivity index (χ0v) is 17.3. The van der Waals surface area contributed by atoms with Crippen molar-refractivity contribution in [3.63, 3.8) is 0 Å². The van der Waals surface area contributed by atoms with Crippen LogP contribution in [-0.4, -0.2) is 53.9 Å². The van der Waals surface area contributed by atoms with E-state index in [0.29, 0.717) is 50.3 Å². The van der Waals surface area contributed by atoms with E-state index in [-0.39, 0.29) is 23.5 Å². The summed E-state index contributed by atoms with van der Waals surface area (Å²) in [6.45, 7) is 4.09. The summed E-state index contributed by atoms with van der Waals surface area (Å²) in [5.41, 5.74) is 1.71. The lowest BCUT2D eigenvalue weighted by molar-refractivity contribution is -0.115. The molecule has 1 aromatic carbocycles. The summed E-state index contributed by atoms with van der Waals surface area (Å²) in [6.07, 6.45) is 2.64. The van der Waals surface area contributed by atoms with Crippen molar-refractivity contribution in [3.8, 4) is 0 Å². The number of amides is 2. The molecule has 0 spiro atoms. The van der Waals surface area contributed by atoms with E-state index in [1.807, 2.05) is 0 Å². The fraction of sp³-hybridized carbons (Fsp3) is 0.429. The van der Waals surface area contributed by atoms with Crippen molar-refractivity contribution in [1.29, 1.82) is 0 Å². The minimum absolute atomic E-state index is 0.0571. The van der Waals surface area contributed by atoms with Crippen molar-refractivity contribution in [1.82, 2.24) is 15.1 Å². The Morgan fingerprint density at radius 2 is 2.13 bits per heavy atom. The molecule has 2 amide bonds. The normalized spacial score (nSPS) is 16.2. The van der Waals surface area contributed by atoms with Gasteiger partial charge in [0.05, 0.1) is 24.6 Å². The van der Waals surface area contributed by atoms with Gasteiger partial charge in [0, 0.05) is 50.4 Å². The van der Waals surface area contributed by atoms with Gasteiger partial charge in [0.2, 0.25) is 5.91 Å². The van der Waals surface area contributed by atoms with Crippen LogP contribution in [0.15, 0.2) is 41.3 Å². The second-order valence-electron chi connectivity index (χ2n) is 7.14. The lowest BCUT2D eigenvalue weighted by atomic mass is 10.1. The smallest absolute Gasteiger partial charge is 0.268 e. The van der Waals surface area contributed by atoms with E-state index in [1.54, 1.807) is 50.5 Å². The Morgan fingerprint density at radius 3 is 2.90 bits per heavy atom. The SMILES string of the molecule is CCC(=O)Nc1cccc(C(=O)NCCC2CN(c3cnn(C)c(=O)c3)CCO2)c1. The molecule has 1 atom stereocenters. The highest BCUT2D eigenvalue weighted by molar-refractivity contribution is 5.97. The second kappa shape index (κ2) is 10.0. The van der Waals surface area contributed by atoms with Crippen LogP contribution in [0.3, 0.4) is 0 Å². The largest absolute Gasteiger partial charge is 0.374 e. The van der Waals surface area contributed by atoms with Gasteiger partial charge < -0.3 is 20.3 Å². The molecule has 160 valence electrons. The molecule has 1 unspecified atom stereocenters. The molecule has 9 heteroatoms. The number of carbonyl (C=O) groups is 2. The van der Waals surface area contributed by atoms with Gasteiger partial charge in [-0.25, -0.2) is 4.68 Å². The van der Waals surface area contributed by atoms with Crippen molar-refractivity contribution in [3.05, 3.63) is 52.4 Å². The number of ether oxygens (including phenoxy) is 1. The Hall–Kier alpha value is -3.20. The minimum atomic E-state index is -0.203. The summed E-state index contributed by atoms with van der Waals surface area (Å²) >= 11 is 0. The first-order valence-electron chi connectivity index (χ1n) is 10.0. The van der Waals surface area contributed by atoms with Crippen LogP contribution in [0.4, 0.5) is 11.4 Å². The predicted molar refractivity (Wildman–Crippen MR) is 114 cm³/mol. The molecule has 0 saturated carbocycles. The highest BCUT2D eigenvalue weighted by Crippen LogP contribution is 2.16. The molecule has 2 aromatic rings. The Balaban J connectivity index is 1.50. The van der Waals surface area contributed by atoms with Gasteiger partial charge in [-0.1, -0.05) is 13.0 Å². The number of nitrogens with one attached hydrogen (secondary N) is 2. The molecular weight excluding hydrogens is 386 g/mol. The summed E-state index contributed by atoms with van der Waals surface area (Å²) < 4.78 is 7.09. The van der Waals surface area contributed by atoms with E-state index in [1.165, 1.54) is 4.68 Å². The highest BCUT2D eigenvalue weighted by Gasteiger charge is 2.21. The van der Waals surface area contributed by atoms with E-state index < -0.39 is 0 Å². The van der Waals surface area contributed by atoms with E-state index >= 15 is 0 Å². The van der Waals surface area contributed by atoms with E-state index in [2.05, 4.69) is 20.6 Å². The van der Waals surface area contributed by atoms with Crippen molar-refractivity contribution >= 4 is 23.2 Å². The van der Waals surface area contributed by atoms with Crippen molar-refractivity contribution in [2.24, 2.45) is 7.05 Å². The Labute approximate surface area is 175 Å². The van der Waals surface area contributed by atoms with Crippen LogP contribution >= 0.6 is 0 Å². The molecule has 2 N–H and O–H groups in total. The first-order chi connectivity index (χ1) is 14.5. The van der Waals surface area contributed by atoms with Gasteiger partial charge in [0.15, 0.2) is 0 Å². The number of benzene rings is 1. The van der Waals surface area contributed by atoms with Gasteiger partial charge in [-0.15, -0.1) is 0 Å². The van der Waals surface area contributed by atoms with Crippen molar-refractivity contribution < 1.29 is 14.3 Å². The van der Waals surface area contributed by atoms with Gasteiger partial charge in [0.1, 0.15) is 0 Å². The number of aromatic nitrogens is 2. The number of anilines is 2. The average molecular weight is 413 g/mol. The molecule has 30 heavy (non-hydrogen) atoms. The first kappa shape index (κ1) is 21.5. The summed E-state index contributed by atoms with van der Waals surface area (Å²) in [5.74, 6) is -0.302. The lowest BCUT2D eigenvalue weighted by Gasteiger charge is -2.34. The lowest BCUT2D eigenvalue weighted by Crippen LogP contribution is -2.44. The van der Waals surface area contributed by atoms with Gasteiger partial charge in [0.25, 0.3) is 11.5 Å². The molecule has 9 nitrogen and oxygen atoms in total. The summed E-state index contributed by atoms with van der Waals surface area (Å²) in [5, 5.41) is 9.71. The van der Waals surface area contributed by atoms with Crippen LogP contribution in [-0.2, 0) is 16.6 Å². The standard InChI is InChI=1S/C21H27N5O4/c1-3-19(27)24-16-6-4-5-15(11-16)21(29)22-8-7-18-14-26(9-10-30-18)17-12-20(28)25(2)23-13-17/h4-6,11-13,18H,3,7-10,14H2,1-2H3,(H,22,29)(H,24,27). The number of aryl methyl sites for hydroxylation is 1. The molecule has 0 aliphatic carbocycles. The molecule has 0 radical (unpaired) electrons. The quantitative estimate of drug-likeness (QED) is 0.706. The Kier molecular flexibility index (Phi) is 7.18. The van der Waals surface area contributed by atoms with E-state index in [9.17, 15) is 14.4 Å². The zero-order chi connectivity index (χ0) is 21.5. The Bertz CT molecular complexity index is 958. The Morgan fingerprint density at radius 1 is 1.30 bits per heavy atom. The molecule has 0 bridgehead atoms. The zero-order valence-electron chi connectivity index (χ0n) is 17.3. The first-order valence-corrected chi connectivity index (χ1v) is 10.0. The van der Waals surface area contributed by atoms with Crippen LogP contribution in [0, 0.1) is 0 Å². The van der Waals surface area contributed by atoms with Crippen molar-refractivity contribution in [2.45, 2.75) is 25.9 Å². The number of carbonyl (C=O) groups excluding carboxylic acids is 2. The summed E-state index contributed by atoms with van der Waals surface area (Å²) in [6, 6.07) is 8.42. The monoisotopic (exact) mass is 413 g/mol. The fourth-order valence-electron chi connectivity index (χ4n) is 3.20. The maximum atomic E-state index is 12.4.